The number of hydrogen-bond acceptors (Lipinski definition) is 1. The molecule has 0 saturated carbocycles. The molecular weight excluding hydrogens is 215 g/mol. The van der Waals surface area contributed by atoms with Crippen molar-refractivity contribution in [2.45, 2.75) is 6.42 Å². The van der Waals surface area contributed by atoms with Crippen LogP contribution in [0.1, 0.15) is 6.42 Å². The second-order valence-corrected chi connectivity index (χ2v) is 2.47. The fourth-order valence-corrected chi connectivity index (χ4v) is 0.311. The Morgan fingerprint density at radius 2 is 1.75 bits per heavy atom. The second kappa shape index (κ2) is 15.7. The molecule has 0 fully saturated rings. The Balaban J connectivity index is 0. The monoisotopic (exact) mass is 222 g/mol. The molecule has 1 N–H and O–H groups in total. The molecule has 0 aromatic carbocycles. The third kappa shape index (κ3) is 27.9. The van der Waals surface area contributed by atoms with E-state index in [1.165, 1.54) is 0 Å². The SMILES string of the molecule is ClCCl.OCCCBr. The zero-order valence-electron chi connectivity index (χ0n) is 4.41. The molecule has 0 aliphatic rings. The van der Waals surface area contributed by atoms with Gasteiger partial charge in [-0.05, 0) is 6.42 Å². The number of hydrogen-bond donors (Lipinski definition) is 1. The van der Waals surface area contributed by atoms with Crippen LogP contribution in [0.25, 0.3) is 0 Å². The number of halogens is 3. The Labute approximate surface area is 68.1 Å². The maximum atomic E-state index is 8.04. The Morgan fingerprint density at radius 3 is 1.75 bits per heavy atom. The first-order valence-corrected chi connectivity index (χ1v) is 4.31. The standard InChI is InChI=1S/C3H7BrO.CH2Cl2/c4-2-1-3-5;2-1-3/h5H,1-3H2;1H2. The largest absolute Gasteiger partial charge is 0.396 e. The summed E-state index contributed by atoms with van der Waals surface area (Å²) in [5.41, 5.74) is 0. The van der Waals surface area contributed by atoms with Gasteiger partial charge in [0.15, 0.2) is 0 Å². The Bertz CT molecular complexity index is 28.0. The van der Waals surface area contributed by atoms with E-state index < -0.39 is 0 Å². The molecule has 52 valence electrons. The lowest BCUT2D eigenvalue weighted by Crippen LogP contribution is -1.78. The molecular formula is C4H9BrCl2O. The quantitative estimate of drug-likeness (QED) is 0.712. The summed E-state index contributed by atoms with van der Waals surface area (Å²) in [6.07, 6.45) is 0.861. The molecule has 0 spiro atoms. The second-order valence-electron chi connectivity index (χ2n) is 0.867. The van der Waals surface area contributed by atoms with E-state index in [1.54, 1.807) is 0 Å². The number of aliphatic hydroxyl groups is 1. The Hall–Kier alpha value is 1.02. The van der Waals surface area contributed by atoms with Gasteiger partial charge in [-0.25, -0.2) is 0 Å². The summed E-state index contributed by atoms with van der Waals surface area (Å²) in [7, 11) is 0. The summed E-state index contributed by atoms with van der Waals surface area (Å²) in [5.74, 6) is 0. The first-order chi connectivity index (χ1) is 3.83. The highest BCUT2D eigenvalue weighted by atomic mass is 79.9. The minimum Gasteiger partial charge on any atom is -0.396 e. The third-order valence-electron chi connectivity index (χ3n) is 0.292. The van der Waals surface area contributed by atoms with Crippen LogP contribution in [0.4, 0.5) is 0 Å². The van der Waals surface area contributed by atoms with Crippen LogP contribution in [0.2, 0.25) is 0 Å². The fraction of sp³-hybridized carbons (Fsp3) is 1.00. The molecule has 8 heavy (non-hydrogen) atoms. The predicted octanol–water partition coefficient (Wildman–Crippen LogP) is 2.19. The summed E-state index contributed by atoms with van der Waals surface area (Å²) in [5, 5.41) is 9.14. The van der Waals surface area contributed by atoms with Crippen LogP contribution in [0.3, 0.4) is 0 Å². The van der Waals surface area contributed by atoms with Gasteiger partial charge < -0.3 is 5.11 Å². The van der Waals surface area contributed by atoms with Gasteiger partial charge in [0.25, 0.3) is 0 Å². The molecule has 0 aromatic rings. The average Bonchev–Trinajstić information content (AvgIpc) is 1.71. The molecule has 0 radical (unpaired) electrons. The highest BCUT2D eigenvalue weighted by molar-refractivity contribution is 9.09. The molecule has 0 rings (SSSR count). The van der Waals surface area contributed by atoms with E-state index >= 15 is 0 Å². The zero-order valence-corrected chi connectivity index (χ0v) is 7.51. The van der Waals surface area contributed by atoms with E-state index in [2.05, 4.69) is 15.9 Å². The van der Waals surface area contributed by atoms with Gasteiger partial charge in [-0.1, -0.05) is 15.9 Å². The molecule has 0 heterocycles. The third-order valence-corrected chi connectivity index (χ3v) is 0.852. The number of rotatable bonds is 2. The van der Waals surface area contributed by atoms with E-state index in [0.29, 0.717) is 6.61 Å². The summed E-state index contributed by atoms with van der Waals surface area (Å²) in [6, 6.07) is 0. The maximum Gasteiger partial charge on any atom is 0.0967 e. The molecule has 0 saturated heterocycles. The van der Waals surface area contributed by atoms with E-state index in [9.17, 15) is 0 Å². The summed E-state index contributed by atoms with van der Waals surface area (Å²) in [4.78, 5) is 0. The summed E-state index contributed by atoms with van der Waals surface area (Å²) in [6.45, 7) is 0.297. The van der Waals surface area contributed by atoms with Crippen LogP contribution in [0.15, 0.2) is 0 Å². The van der Waals surface area contributed by atoms with Gasteiger partial charge in [-0.2, -0.15) is 0 Å². The van der Waals surface area contributed by atoms with Crippen molar-refractivity contribution in [3.63, 3.8) is 0 Å². The lowest BCUT2D eigenvalue weighted by atomic mass is 10.5. The number of alkyl halides is 3. The van der Waals surface area contributed by atoms with Crippen LogP contribution in [-0.2, 0) is 0 Å². The number of aliphatic hydroxyl groups excluding tert-OH is 1. The maximum absolute atomic E-state index is 8.04. The van der Waals surface area contributed by atoms with E-state index in [-0.39, 0.29) is 5.34 Å². The van der Waals surface area contributed by atoms with Crippen molar-refractivity contribution in [2.24, 2.45) is 0 Å². The first-order valence-electron chi connectivity index (χ1n) is 2.12. The van der Waals surface area contributed by atoms with Gasteiger partial charge in [0.1, 0.15) is 0 Å². The van der Waals surface area contributed by atoms with Crippen molar-refractivity contribution < 1.29 is 5.11 Å². The van der Waals surface area contributed by atoms with E-state index in [1.807, 2.05) is 0 Å². The van der Waals surface area contributed by atoms with Gasteiger partial charge in [0.05, 0.1) is 5.34 Å². The Kier molecular flexibility index (Phi) is 23.1. The highest BCUT2D eigenvalue weighted by Gasteiger charge is 1.70. The lowest BCUT2D eigenvalue weighted by Gasteiger charge is -1.78. The van der Waals surface area contributed by atoms with Crippen molar-refractivity contribution in [1.29, 1.82) is 0 Å². The van der Waals surface area contributed by atoms with Crippen LogP contribution in [0, 0.1) is 0 Å². The van der Waals surface area contributed by atoms with Gasteiger partial charge >= 0.3 is 0 Å². The van der Waals surface area contributed by atoms with E-state index in [0.717, 1.165) is 11.8 Å². The van der Waals surface area contributed by atoms with Crippen LogP contribution in [-0.4, -0.2) is 22.4 Å². The van der Waals surface area contributed by atoms with Crippen molar-refractivity contribution in [3.05, 3.63) is 0 Å². The predicted molar refractivity (Wildman–Crippen MR) is 42.1 cm³/mol. The first kappa shape index (κ1) is 11.8. The minimum atomic E-state index is 0.194. The van der Waals surface area contributed by atoms with Crippen LogP contribution >= 0.6 is 39.1 Å². The van der Waals surface area contributed by atoms with Gasteiger partial charge in [0, 0.05) is 11.9 Å². The molecule has 0 bridgehead atoms. The Morgan fingerprint density at radius 1 is 1.38 bits per heavy atom. The van der Waals surface area contributed by atoms with Crippen molar-refractivity contribution in [1.82, 2.24) is 0 Å². The molecule has 1 nitrogen and oxygen atoms in total. The molecule has 0 aliphatic heterocycles. The summed E-state index contributed by atoms with van der Waals surface area (Å²) >= 11 is 12.7. The van der Waals surface area contributed by atoms with Crippen molar-refractivity contribution in [3.8, 4) is 0 Å². The smallest absolute Gasteiger partial charge is 0.0967 e. The van der Waals surface area contributed by atoms with Crippen molar-refractivity contribution >= 4 is 39.1 Å². The molecule has 4 heteroatoms. The fourth-order valence-electron chi connectivity index (χ4n) is 0.0598. The average molecular weight is 224 g/mol. The van der Waals surface area contributed by atoms with Gasteiger partial charge in [-0.3, -0.25) is 0 Å². The van der Waals surface area contributed by atoms with E-state index in [4.69, 9.17) is 28.3 Å². The lowest BCUT2D eigenvalue weighted by molar-refractivity contribution is 0.296. The normalized spacial score (nSPS) is 7.50. The zero-order chi connectivity index (χ0) is 6.83. The molecule has 0 aromatic heterocycles. The topological polar surface area (TPSA) is 20.2 Å². The molecule has 0 atom stereocenters. The minimum absolute atomic E-state index is 0.194. The van der Waals surface area contributed by atoms with Gasteiger partial charge in [0.2, 0.25) is 0 Å². The van der Waals surface area contributed by atoms with Crippen molar-refractivity contribution in [2.75, 3.05) is 17.3 Å². The molecule has 0 unspecified atom stereocenters. The molecule has 0 amide bonds. The van der Waals surface area contributed by atoms with Gasteiger partial charge in [-0.15, -0.1) is 23.2 Å². The highest BCUT2D eigenvalue weighted by Crippen LogP contribution is 1.81. The molecule has 0 aliphatic carbocycles. The van der Waals surface area contributed by atoms with Crippen LogP contribution in [0.5, 0.6) is 0 Å². The van der Waals surface area contributed by atoms with Crippen LogP contribution < -0.4 is 0 Å². The summed E-state index contributed by atoms with van der Waals surface area (Å²) < 4.78 is 0.